The van der Waals surface area contributed by atoms with Gasteiger partial charge >= 0.3 is 0 Å². The molecular weight excluding hydrogens is 260 g/mol. The van der Waals surface area contributed by atoms with Crippen molar-refractivity contribution in [3.8, 4) is 0 Å². The summed E-state index contributed by atoms with van der Waals surface area (Å²) >= 11 is 0. The fraction of sp³-hybridized carbons (Fsp3) is 1.00. The predicted octanol–water partition coefficient (Wildman–Crippen LogP) is 2.11. The average molecular weight is 288 g/mol. The Kier molecular flexibility index (Phi) is 5.66. The van der Waals surface area contributed by atoms with Gasteiger partial charge in [0.1, 0.15) is 0 Å². The monoisotopic (exact) mass is 288 g/mol. The lowest BCUT2D eigenvalue weighted by molar-refractivity contribution is 0.259. The van der Waals surface area contributed by atoms with Crippen molar-refractivity contribution in [1.29, 1.82) is 0 Å². The Morgan fingerprint density at radius 3 is 2.32 bits per heavy atom. The van der Waals surface area contributed by atoms with E-state index in [1.165, 1.54) is 25.7 Å². The Morgan fingerprint density at radius 2 is 1.74 bits per heavy atom. The van der Waals surface area contributed by atoms with Gasteiger partial charge in [0.25, 0.3) is 0 Å². The zero-order chi connectivity index (χ0) is 13.7. The van der Waals surface area contributed by atoms with E-state index in [9.17, 15) is 8.42 Å². The highest BCUT2D eigenvalue weighted by Crippen LogP contribution is 2.25. The first-order valence-electron chi connectivity index (χ1n) is 7.86. The van der Waals surface area contributed by atoms with Crippen LogP contribution in [0.3, 0.4) is 0 Å². The molecule has 0 aromatic carbocycles. The van der Waals surface area contributed by atoms with Crippen LogP contribution in [0.5, 0.6) is 0 Å². The van der Waals surface area contributed by atoms with Gasteiger partial charge in [0.15, 0.2) is 0 Å². The molecule has 2 rings (SSSR count). The molecule has 0 bridgehead atoms. The number of piperidine rings is 1. The van der Waals surface area contributed by atoms with Crippen LogP contribution in [-0.4, -0.2) is 43.6 Å². The van der Waals surface area contributed by atoms with Crippen LogP contribution >= 0.6 is 0 Å². The van der Waals surface area contributed by atoms with Crippen molar-refractivity contribution in [2.45, 2.75) is 70.4 Å². The van der Waals surface area contributed by atoms with Crippen molar-refractivity contribution in [3.05, 3.63) is 0 Å². The number of nitrogens with one attached hydrogen (secondary N) is 1. The van der Waals surface area contributed by atoms with Gasteiger partial charge in [-0.15, -0.1) is 0 Å². The van der Waals surface area contributed by atoms with Crippen LogP contribution in [0.15, 0.2) is 0 Å². The maximum atomic E-state index is 12.6. The number of hydrogen-bond acceptors (Lipinski definition) is 3. The first kappa shape index (κ1) is 15.3. The second kappa shape index (κ2) is 7.04. The van der Waals surface area contributed by atoms with Crippen LogP contribution in [0, 0.1) is 0 Å². The van der Waals surface area contributed by atoms with Crippen molar-refractivity contribution in [2.24, 2.45) is 0 Å². The summed E-state index contributed by atoms with van der Waals surface area (Å²) < 4.78 is 27.0. The summed E-state index contributed by atoms with van der Waals surface area (Å²) in [5.41, 5.74) is 0. The van der Waals surface area contributed by atoms with Gasteiger partial charge in [-0.2, -0.15) is 4.31 Å². The summed E-state index contributed by atoms with van der Waals surface area (Å²) in [6.07, 6.45) is 9.05. The summed E-state index contributed by atoms with van der Waals surface area (Å²) in [7, 11) is -3.10. The van der Waals surface area contributed by atoms with Crippen LogP contribution in [0.4, 0.5) is 0 Å². The Bertz CT molecular complexity index is 358. The lowest BCUT2D eigenvalue weighted by atomic mass is 9.95. The zero-order valence-electron chi connectivity index (χ0n) is 12.1. The fourth-order valence-corrected chi connectivity index (χ4v) is 5.51. The normalized spacial score (nSPS) is 26.7. The number of sulfonamides is 1. The van der Waals surface area contributed by atoms with Crippen LogP contribution in [0.2, 0.25) is 0 Å². The predicted molar refractivity (Wildman–Crippen MR) is 78.7 cm³/mol. The van der Waals surface area contributed by atoms with Crippen molar-refractivity contribution in [2.75, 3.05) is 18.8 Å². The Morgan fingerprint density at radius 1 is 1.05 bits per heavy atom. The molecule has 0 aromatic rings. The van der Waals surface area contributed by atoms with E-state index in [1.807, 2.05) is 6.92 Å². The van der Waals surface area contributed by atoms with Crippen molar-refractivity contribution < 1.29 is 8.42 Å². The summed E-state index contributed by atoms with van der Waals surface area (Å²) in [6, 6.07) is 0.420. The SMILES string of the molecule is CCN(C1CCCCC1)S(=O)(=O)CC1CCCCN1. The van der Waals surface area contributed by atoms with Crippen LogP contribution < -0.4 is 5.32 Å². The molecule has 2 fully saturated rings. The summed E-state index contributed by atoms with van der Waals surface area (Å²) in [5.74, 6) is 0.289. The van der Waals surface area contributed by atoms with E-state index in [-0.39, 0.29) is 17.8 Å². The highest BCUT2D eigenvalue weighted by atomic mass is 32.2. The topological polar surface area (TPSA) is 49.4 Å². The summed E-state index contributed by atoms with van der Waals surface area (Å²) in [4.78, 5) is 0. The highest BCUT2D eigenvalue weighted by molar-refractivity contribution is 7.89. The third-order valence-corrected chi connectivity index (χ3v) is 6.57. The molecule has 2 aliphatic rings. The van der Waals surface area contributed by atoms with Gasteiger partial charge in [0, 0.05) is 18.6 Å². The summed E-state index contributed by atoms with van der Waals surface area (Å²) in [6.45, 7) is 3.57. The molecule has 0 amide bonds. The smallest absolute Gasteiger partial charge is 0.215 e. The molecule has 0 radical (unpaired) electrons. The van der Waals surface area contributed by atoms with Gasteiger partial charge in [-0.25, -0.2) is 8.42 Å². The number of nitrogens with zero attached hydrogens (tertiary/aromatic N) is 1. The second-order valence-corrected chi connectivity index (χ2v) is 7.89. The van der Waals surface area contributed by atoms with Gasteiger partial charge in [-0.3, -0.25) is 0 Å². The van der Waals surface area contributed by atoms with Gasteiger partial charge in [0.05, 0.1) is 5.75 Å². The standard InChI is InChI=1S/C14H28N2O2S/c1-2-16(14-9-4-3-5-10-14)19(17,18)12-13-8-6-7-11-15-13/h13-15H,2-12H2,1H3. The van der Waals surface area contributed by atoms with E-state index in [0.29, 0.717) is 6.54 Å². The molecular formula is C14H28N2O2S. The molecule has 0 aromatic heterocycles. The second-order valence-electron chi connectivity index (χ2n) is 5.92. The van der Waals surface area contributed by atoms with E-state index in [0.717, 1.165) is 32.2 Å². The maximum absolute atomic E-state index is 12.6. The first-order chi connectivity index (χ1) is 9.13. The highest BCUT2D eigenvalue weighted by Gasteiger charge is 2.31. The van der Waals surface area contributed by atoms with E-state index in [2.05, 4.69) is 5.32 Å². The molecule has 1 saturated heterocycles. The molecule has 0 spiro atoms. The minimum absolute atomic E-state index is 0.163. The minimum Gasteiger partial charge on any atom is -0.313 e. The number of hydrogen-bond donors (Lipinski definition) is 1. The zero-order valence-corrected chi connectivity index (χ0v) is 12.9. The molecule has 1 N–H and O–H groups in total. The maximum Gasteiger partial charge on any atom is 0.215 e. The van der Waals surface area contributed by atoms with Crippen LogP contribution in [0.1, 0.15) is 58.3 Å². The van der Waals surface area contributed by atoms with Gasteiger partial charge in [0.2, 0.25) is 10.0 Å². The summed E-state index contributed by atoms with van der Waals surface area (Å²) in [5, 5.41) is 3.35. The molecule has 1 aliphatic carbocycles. The molecule has 5 heteroatoms. The minimum atomic E-state index is -3.10. The van der Waals surface area contributed by atoms with Crippen molar-refractivity contribution >= 4 is 10.0 Å². The fourth-order valence-electron chi connectivity index (χ4n) is 3.47. The largest absolute Gasteiger partial charge is 0.313 e. The Balaban J connectivity index is 1.98. The van der Waals surface area contributed by atoms with Gasteiger partial charge in [-0.1, -0.05) is 32.6 Å². The molecule has 1 aliphatic heterocycles. The third-order valence-electron chi connectivity index (χ3n) is 4.48. The van der Waals surface area contributed by atoms with E-state index in [1.54, 1.807) is 4.31 Å². The van der Waals surface area contributed by atoms with Crippen molar-refractivity contribution in [3.63, 3.8) is 0 Å². The molecule has 112 valence electrons. The molecule has 19 heavy (non-hydrogen) atoms. The molecule has 1 unspecified atom stereocenters. The van der Waals surface area contributed by atoms with Crippen LogP contribution in [-0.2, 0) is 10.0 Å². The Labute approximate surface area is 118 Å². The van der Waals surface area contributed by atoms with Crippen molar-refractivity contribution in [1.82, 2.24) is 9.62 Å². The quantitative estimate of drug-likeness (QED) is 0.843. The lowest BCUT2D eigenvalue weighted by Crippen LogP contribution is -2.47. The van der Waals surface area contributed by atoms with E-state index in [4.69, 9.17) is 0 Å². The van der Waals surface area contributed by atoms with E-state index >= 15 is 0 Å². The van der Waals surface area contributed by atoms with Crippen LogP contribution in [0.25, 0.3) is 0 Å². The Hall–Kier alpha value is -0.130. The van der Waals surface area contributed by atoms with Gasteiger partial charge in [-0.05, 0) is 32.2 Å². The lowest BCUT2D eigenvalue weighted by Gasteiger charge is -2.34. The molecule has 1 atom stereocenters. The third kappa shape index (κ3) is 4.17. The molecule has 1 heterocycles. The first-order valence-corrected chi connectivity index (χ1v) is 9.47. The molecule has 4 nitrogen and oxygen atoms in total. The average Bonchev–Trinajstić information content (AvgIpc) is 2.41. The van der Waals surface area contributed by atoms with Gasteiger partial charge < -0.3 is 5.32 Å². The van der Waals surface area contributed by atoms with E-state index < -0.39 is 10.0 Å². The molecule has 1 saturated carbocycles. The number of rotatable bonds is 5.